The second kappa shape index (κ2) is 5.47. The molecule has 0 bridgehead atoms. The van der Waals surface area contributed by atoms with Gasteiger partial charge in [-0.1, -0.05) is 25.0 Å². The summed E-state index contributed by atoms with van der Waals surface area (Å²) in [4.78, 5) is 21.7. The summed E-state index contributed by atoms with van der Waals surface area (Å²) in [5.41, 5.74) is 1.59. The Morgan fingerprint density at radius 3 is 2.76 bits per heavy atom. The van der Waals surface area contributed by atoms with Crippen LogP contribution >= 0.6 is 0 Å². The molecule has 0 aliphatic heterocycles. The van der Waals surface area contributed by atoms with E-state index in [0.29, 0.717) is 22.9 Å². The van der Waals surface area contributed by atoms with Gasteiger partial charge in [-0.2, -0.15) is 5.10 Å². The summed E-state index contributed by atoms with van der Waals surface area (Å²) in [6.45, 7) is 0. The molecule has 108 valence electrons. The number of hydrogen-bond acceptors (Lipinski definition) is 4. The van der Waals surface area contributed by atoms with Crippen molar-refractivity contribution in [3.8, 4) is 11.3 Å². The number of benzene rings is 1. The lowest BCUT2D eigenvalue weighted by molar-refractivity contribution is -0.384. The van der Waals surface area contributed by atoms with E-state index in [0.717, 1.165) is 19.1 Å². The zero-order valence-corrected chi connectivity index (χ0v) is 11.4. The smallest absolute Gasteiger partial charge is 0.270 e. The predicted molar refractivity (Wildman–Crippen MR) is 77.2 cm³/mol. The lowest BCUT2D eigenvalue weighted by Crippen LogP contribution is -2.04. The monoisotopic (exact) mass is 285 g/mol. The second-order valence-corrected chi connectivity index (χ2v) is 5.28. The number of nitro groups is 1. The quantitative estimate of drug-likeness (QED) is 0.490. The van der Waals surface area contributed by atoms with Gasteiger partial charge in [0.1, 0.15) is 5.69 Å². The van der Waals surface area contributed by atoms with Crippen molar-refractivity contribution >= 4 is 12.0 Å². The number of aromatic nitrogens is 2. The van der Waals surface area contributed by atoms with Gasteiger partial charge >= 0.3 is 0 Å². The van der Waals surface area contributed by atoms with Crippen molar-refractivity contribution in [1.82, 2.24) is 9.78 Å². The standard InChI is InChI=1S/C15H15N3O3/c19-10-12-9-17(13-5-1-2-6-13)16-15(12)11-4-3-7-14(8-11)18(20)21/h3-4,7-10,13H,1-2,5-6H2. The molecule has 1 saturated carbocycles. The van der Waals surface area contributed by atoms with Crippen molar-refractivity contribution in [2.75, 3.05) is 0 Å². The van der Waals surface area contributed by atoms with E-state index in [2.05, 4.69) is 5.10 Å². The van der Waals surface area contributed by atoms with Gasteiger partial charge in [0.15, 0.2) is 6.29 Å². The molecule has 1 aromatic heterocycles. The number of nitrogens with zero attached hydrogens (tertiary/aromatic N) is 3. The van der Waals surface area contributed by atoms with Gasteiger partial charge in [-0.3, -0.25) is 19.6 Å². The van der Waals surface area contributed by atoms with E-state index in [1.54, 1.807) is 18.3 Å². The van der Waals surface area contributed by atoms with Crippen molar-refractivity contribution in [2.24, 2.45) is 0 Å². The lowest BCUT2D eigenvalue weighted by Gasteiger charge is -2.08. The van der Waals surface area contributed by atoms with Crippen LogP contribution in [0.15, 0.2) is 30.5 Å². The Hall–Kier alpha value is -2.50. The van der Waals surface area contributed by atoms with Gasteiger partial charge in [0.2, 0.25) is 0 Å². The molecule has 0 radical (unpaired) electrons. The number of hydrogen-bond donors (Lipinski definition) is 0. The maximum atomic E-state index is 11.3. The molecule has 2 aromatic rings. The summed E-state index contributed by atoms with van der Waals surface area (Å²) in [7, 11) is 0. The summed E-state index contributed by atoms with van der Waals surface area (Å²) < 4.78 is 1.84. The SMILES string of the molecule is O=Cc1cn(C2CCCC2)nc1-c1cccc([N+](=O)[O-])c1. The van der Waals surface area contributed by atoms with Crippen LogP contribution in [0.5, 0.6) is 0 Å². The molecule has 1 heterocycles. The van der Waals surface area contributed by atoms with Crippen molar-refractivity contribution in [1.29, 1.82) is 0 Å². The molecule has 1 aliphatic carbocycles. The fraction of sp³-hybridized carbons (Fsp3) is 0.333. The fourth-order valence-corrected chi connectivity index (χ4v) is 2.84. The Bertz CT molecular complexity index is 687. The highest BCUT2D eigenvalue weighted by atomic mass is 16.6. The van der Waals surface area contributed by atoms with Gasteiger partial charge < -0.3 is 0 Å². The van der Waals surface area contributed by atoms with Crippen molar-refractivity contribution < 1.29 is 9.72 Å². The van der Waals surface area contributed by atoms with E-state index in [9.17, 15) is 14.9 Å². The second-order valence-electron chi connectivity index (χ2n) is 5.28. The Labute approximate surface area is 121 Å². The molecule has 0 atom stereocenters. The van der Waals surface area contributed by atoms with E-state index in [4.69, 9.17) is 0 Å². The first-order valence-corrected chi connectivity index (χ1v) is 6.98. The lowest BCUT2D eigenvalue weighted by atomic mass is 10.1. The van der Waals surface area contributed by atoms with Gasteiger partial charge in [0, 0.05) is 23.9 Å². The van der Waals surface area contributed by atoms with Gasteiger partial charge in [0.05, 0.1) is 16.5 Å². The molecule has 0 saturated heterocycles. The first kappa shape index (κ1) is 13.5. The molecule has 0 spiro atoms. The van der Waals surface area contributed by atoms with E-state index in [1.165, 1.54) is 25.0 Å². The minimum atomic E-state index is -0.446. The summed E-state index contributed by atoms with van der Waals surface area (Å²) in [5, 5.41) is 15.4. The average molecular weight is 285 g/mol. The van der Waals surface area contributed by atoms with Gasteiger partial charge in [-0.15, -0.1) is 0 Å². The highest BCUT2D eigenvalue weighted by molar-refractivity contribution is 5.85. The highest BCUT2D eigenvalue weighted by Gasteiger charge is 2.21. The first-order valence-electron chi connectivity index (χ1n) is 6.98. The van der Waals surface area contributed by atoms with Crippen molar-refractivity contribution in [3.05, 3.63) is 46.1 Å². The molecule has 6 nitrogen and oxygen atoms in total. The molecule has 1 fully saturated rings. The van der Waals surface area contributed by atoms with Crippen LogP contribution in [0.2, 0.25) is 0 Å². The van der Waals surface area contributed by atoms with Crippen LogP contribution in [0.3, 0.4) is 0 Å². The summed E-state index contributed by atoms with van der Waals surface area (Å²) >= 11 is 0. The number of aldehydes is 1. The zero-order chi connectivity index (χ0) is 14.8. The number of nitro benzene ring substituents is 1. The number of non-ortho nitro benzene ring substituents is 1. The molecular formula is C15H15N3O3. The number of carbonyl (C=O) groups excluding carboxylic acids is 1. The Kier molecular flexibility index (Phi) is 3.51. The van der Waals surface area contributed by atoms with Crippen LogP contribution in [0, 0.1) is 10.1 Å². The Morgan fingerprint density at radius 1 is 1.33 bits per heavy atom. The molecular weight excluding hydrogens is 270 g/mol. The largest absolute Gasteiger partial charge is 0.298 e. The van der Waals surface area contributed by atoms with Gasteiger partial charge in [0.25, 0.3) is 5.69 Å². The molecule has 1 aromatic carbocycles. The Balaban J connectivity index is 2.02. The molecule has 21 heavy (non-hydrogen) atoms. The molecule has 0 N–H and O–H groups in total. The number of rotatable bonds is 4. The van der Waals surface area contributed by atoms with Crippen molar-refractivity contribution in [3.63, 3.8) is 0 Å². The van der Waals surface area contributed by atoms with E-state index in [1.807, 2.05) is 4.68 Å². The third kappa shape index (κ3) is 2.56. The molecule has 3 rings (SSSR count). The maximum Gasteiger partial charge on any atom is 0.270 e. The van der Waals surface area contributed by atoms with Crippen LogP contribution < -0.4 is 0 Å². The maximum absolute atomic E-state index is 11.3. The normalized spacial score (nSPS) is 15.2. The fourth-order valence-electron chi connectivity index (χ4n) is 2.84. The minimum Gasteiger partial charge on any atom is -0.298 e. The molecule has 6 heteroatoms. The average Bonchev–Trinajstić information content (AvgIpc) is 3.16. The van der Waals surface area contributed by atoms with Crippen LogP contribution in [-0.4, -0.2) is 21.0 Å². The molecule has 1 aliphatic rings. The number of carbonyl (C=O) groups is 1. The van der Waals surface area contributed by atoms with E-state index < -0.39 is 4.92 Å². The topological polar surface area (TPSA) is 78.0 Å². The summed E-state index contributed by atoms with van der Waals surface area (Å²) in [6, 6.07) is 6.56. The first-order chi connectivity index (χ1) is 10.2. The third-order valence-electron chi connectivity index (χ3n) is 3.92. The summed E-state index contributed by atoms with van der Waals surface area (Å²) in [6.07, 6.45) is 6.98. The third-order valence-corrected chi connectivity index (χ3v) is 3.92. The van der Waals surface area contributed by atoms with Crippen LogP contribution in [0.1, 0.15) is 42.1 Å². The summed E-state index contributed by atoms with van der Waals surface area (Å²) in [5.74, 6) is 0. The highest BCUT2D eigenvalue weighted by Crippen LogP contribution is 2.32. The minimum absolute atomic E-state index is 0.000217. The van der Waals surface area contributed by atoms with E-state index in [-0.39, 0.29) is 5.69 Å². The Morgan fingerprint density at radius 2 is 2.10 bits per heavy atom. The van der Waals surface area contributed by atoms with E-state index >= 15 is 0 Å². The van der Waals surface area contributed by atoms with Crippen LogP contribution in [0.4, 0.5) is 5.69 Å². The van der Waals surface area contributed by atoms with Crippen LogP contribution in [-0.2, 0) is 0 Å². The predicted octanol–water partition coefficient (Wildman–Crippen LogP) is 3.39. The zero-order valence-electron chi connectivity index (χ0n) is 11.4. The van der Waals surface area contributed by atoms with Gasteiger partial charge in [-0.25, -0.2) is 0 Å². The van der Waals surface area contributed by atoms with Crippen LogP contribution in [0.25, 0.3) is 11.3 Å². The molecule has 0 unspecified atom stereocenters. The van der Waals surface area contributed by atoms with Gasteiger partial charge in [-0.05, 0) is 12.8 Å². The van der Waals surface area contributed by atoms with Crippen molar-refractivity contribution in [2.45, 2.75) is 31.7 Å². The molecule has 0 amide bonds.